The van der Waals surface area contributed by atoms with Gasteiger partial charge in [0.05, 0.1) is 23.4 Å². The smallest absolute Gasteiger partial charge is 0.309 e. The van der Waals surface area contributed by atoms with Gasteiger partial charge in [0.25, 0.3) is 5.91 Å². The number of likely N-dealkylation sites (N-methyl/N-ethyl adjacent to an activating group) is 1. The van der Waals surface area contributed by atoms with Crippen LogP contribution in [0, 0.1) is 17.8 Å². The Morgan fingerprint density at radius 2 is 1.84 bits per heavy atom. The number of fused-ring (bicyclic) bond motifs is 3. The molecular formula is C26H28N2O9. The van der Waals surface area contributed by atoms with E-state index in [4.69, 9.17) is 10.5 Å². The van der Waals surface area contributed by atoms with Crippen LogP contribution in [0.5, 0.6) is 5.75 Å². The number of nitrogens with one attached hydrogen (secondary N) is 1. The zero-order valence-corrected chi connectivity index (χ0v) is 20.2. The summed E-state index contributed by atoms with van der Waals surface area (Å²) < 4.78 is 5.94. The van der Waals surface area contributed by atoms with E-state index in [1.165, 1.54) is 13.1 Å². The first-order chi connectivity index (χ1) is 17.5. The number of benzene rings is 1. The van der Waals surface area contributed by atoms with Crippen LogP contribution in [-0.4, -0.2) is 68.7 Å². The molecule has 4 aliphatic carbocycles. The summed E-state index contributed by atoms with van der Waals surface area (Å²) in [5.41, 5.74) is 1.49. The quantitative estimate of drug-likeness (QED) is 0.244. The Morgan fingerprint density at radius 1 is 1.16 bits per heavy atom. The SMILES string of the molecule is CN[C@@H]1C(=O)C(C(N)=O)=C(O)[C@@]2(O)C(=O)C3=C(O)c4c(O)cccc4[C@H](C)[C@H]3[C@H](OC(=O)C3CCC3)[C@@H]12. The van der Waals surface area contributed by atoms with Gasteiger partial charge in [-0.25, -0.2) is 0 Å². The molecule has 0 heterocycles. The number of carbonyl (C=O) groups excluding carboxylic acids is 4. The van der Waals surface area contributed by atoms with Gasteiger partial charge in [-0.1, -0.05) is 25.5 Å². The van der Waals surface area contributed by atoms with Gasteiger partial charge in [-0.05, 0) is 37.4 Å². The molecule has 0 bridgehead atoms. The van der Waals surface area contributed by atoms with E-state index >= 15 is 0 Å². The van der Waals surface area contributed by atoms with Crippen molar-refractivity contribution in [3.8, 4) is 5.75 Å². The molecule has 1 aromatic carbocycles. The molecule has 0 saturated heterocycles. The van der Waals surface area contributed by atoms with Crippen LogP contribution >= 0.6 is 0 Å². The molecule has 6 atom stereocenters. The molecule has 2 saturated carbocycles. The standard InChI is InChI=1S/C26H28N2O9/c1-9-11-7-4-8-12(29)14(11)19(30)15-13(9)21(37-25(35)10-5-3-6-10)17-18(28-2)20(31)16(24(27)34)23(33)26(17,36)22(15)32/h4,7-10,13,17-18,21,28-30,33,36H,3,5-6H2,1-2H3,(H2,27,34)/t9-,13+,17+,18-,21-,26-/m0/s1. The van der Waals surface area contributed by atoms with E-state index in [9.17, 15) is 39.6 Å². The first-order valence-electron chi connectivity index (χ1n) is 12.1. The number of aliphatic hydroxyl groups excluding tert-OH is 2. The van der Waals surface area contributed by atoms with E-state index in [0.717, 1.165) is 6.42 Å². The molecule has 0 radical (unpaired) electrons. The Hall–Kier alpha value is -3.70. The molecule has 2 fully saturated rings. The van der Waals surface area contributed by atoms with E-state index in [1.54, 1.807) is 19.1 Å². The van der Waals surface area contributed by atoms with E-state index in [-0.39, 0.29) is 16.9 Å². The third kappa shape index (κ3) is 3.20. The summed E-state index contributed by atoms with van der Waals surface area (Å²) in [5.74, 6) is -9.93. The maximum absolute atomic E-state index is 14.0. The Morgan fingerprint density at radius 3 is 2.41 bits per heavy atom. The maximum Gasteiger partial charge on any atom is 0.309 e. The van der Waals surface area contributed by atoms with Crippen molar-refractivity contribution in [2.24, 2.45) is 23.5 Å². The number of ether oxygens (including phenoxy) is 1. The summed E-state index contributed by atoms with van der Waals surface area (Å²) in [5, 5.41) is 47.3. The van der Waals surface area contributed by atoms with Gasteiger partial charge in [-0.2, -0.15) is 0 Å². The molecule has 0 unspecified atom stereocenters. The van der Waals surface area contributed by atoms with Gasteiger partial charge in [0.15, 0.2) is 11.4 Å². The van der Waals surface area contributed by atoms with Gasteiger partial charge in [0, 0.05) is 11.5 Å². The van der Waals surface area contributed by atoms with Crippen molar-refractivity contribution in [3.63, 3.8) is 0 Å². The number of primary amides is 1. The van der Waals surface area contributed by atoms with Crippen LogP contribution in [0.25, 0.3) is 5.76 Å². The summed E-state index contributed by atoms with van der Waals surface area (Å²) >= 11 is 0. The molecule has 11 heteroatoms. The fourth-order valence-corrected chi connectivity index (χ4v) is 6.35. The third-order valence-electron chi connectivity index (χ3n) is 8.44. The number of rotatable bonds is 4. The first kappa shape index (κ1) is 25.0. The van der Waals surface area contributed by atoms with Crippen molar-refractivity contribution in [1.82, 2.24) is 5.32 Å². The topological polar surface area (TPSA) is 196 Å². The van der Waals surface area contributed by atoms with Gasteiger partial charge in [-0.3, -0.25) is 19.2 Å². The highest BCUT2D eigenvalue weighted by Gasteiger charge is 2.69. The average Bonchev–Trinajstić information content (AvgIpc) is 2.79. The van der Waals surface area contributed by atoms with Crippen LogP contribution < -0.4 is 11.1 Å². The Kier molecular flexibility index (Phi) is 5.68. The van der Waals surface area contributed by atoms with E-state index in [0.29, 0.717) is 18.4 Å². The van der Waals surface area contributed by atoms with E-state index in [2.05, 4.69) is 5.32 Å². The van der Waals surface area contributed by atoms with Crippen LogP contribution in [0.3, 0.4) is 0 Å². The van der Waals surface area contributed by atoms with Crippen molar-refractivity contribution in [3.05, 3.63) is 46.2 Å². The maximum atomic E-state index is 14.0. The number of aromatic hydroxyl groups is 1. The van der Waals surface area contributed by atoms with Crippen LogP contribution in [0.2, 0.25) is 0 Å². The Balaban J connectivity index is 1.80. The molecule has 1 amide bonds. The summed E-state index contributed by atoms with van der Waals surface area (Å²) in [6, 6.07) is 3.09. The lowest BCUT2D eigenvalue weighted by molar-refractivity contribution is -0.185. The van der Waals surface area contributed by atoms with E-state index < -0.39 is 82.0 Å². The molecule has 0 spiro atoms. The van der Waals surface area contributed by atoms with Crippen LogP contribution in [0.1, 0.15) is 43.2 Å². The molecule has 196 valence electrons. The zero-order chi connectivity index (χ0) is 27.0. The molecular weight excluding hydrogens is 484 g/mol. The lowest BCUT2D eigenvalue weighted by Gasteiger charge is -2.53. The summed E-state index contributed by atoms with van der Waals surface area (Å²) in [7, 11) is 1.36. The number of aliphatic hydroxyl groups is 3. The van der Waals surface area contributed by atoms with Crippen molar-refractivity contribution < 1.29 is 44.3 Å². The van der Waals surface area contributed by atoms with Gasteiger partial charge >= 0.3 is 5.97 Å². The van der Waals surface area contributed by atoms with Gasteiger partial charge in [0.2, 0.25) is 5.78 Å². The average molecular weight is 513 g/mol. The zero-order valence-electron chi connectivity index (χ0n) is 20.2. The highest BCUT2D eigenvalue weighted by Crippen LogP contribution is 2.56. The number of hydrogen-bond donors (Lipinski definition) is 6. The number of ketones is 2. The number of carbonyl (C=O) groups is 4. The number of phenolic OH excluding ortho intramolecular Hbond substituents is 1. The second-order valence-electron chi connectivity index (χ2n) is 10.2. The largest absolute Gasteiger partial charge is 0.508 e. The lowest BCUT2D eigenvalue weighted by atomic mass is 9.54. The van der Waals surface area contributed by atoms with Crippen LogP contribution in [0.15, 0.2) is 35.1 Å². The number of nitrogens with two attached hydrogens (primary N) is 1. The van der Waals surface area contributed by atoms with Gasteiger partial charge in [-0.15, -0.1) is 0 Å². The van der Waals surface area contributed by atoms with Gasteiger partial charge < -0.3 is 36.2 Å². The number of esters is 1. The fourth-order valence-electron chi connectivity index (χ4n) is 6.35. The number of Topliss-reactive ketones (excluding diaryl/α,β-unsaturated/α-hetero) is 2. The highest BCUT2D eigenvalue weighted by molar-refractivity contribution is 6.24. The number of amides is 1. The number of hydrogen-bond acceptors (Lipinski definition) is 10. The second-order valence-corrected chi connectivity index (χ2v) is 10.2. The minimum Gasteiger partial charge on any atom is -0.508 e. The normalized spacial score (nSPS) is 33.3. The van der Waals surface area contributed by atoms with Gasteiger partial charge in [0.1, 0.15) is 28.9 Å². The molecule has 5 rings (SSSR count). The predicted octanol–water partition coefficient (Wildman–Crippen LogP) is 0.505. The Labute approximate surface area is 211 Å². The van der Waals surface area contributed by atoms with Crippen molar-refractivity contribution in [2.75, 3.05) is 7.05 Å². The molecule has 1 aromatic rings. The van der Waals surface area contributed by atoms with Crippen LogP contribution in [0.4, 0.5) is 0 Å². The fraction of sp³-hybridized carbons (Fsp3) is 0.462. The summed E-state index contributed by atoms with van der Waals surface area (Å²) in [4.78, 5) is 52.5. The van der Waals surface area contributed by atoms with Crippen molar-refractivity contribution >= 4 is 29.2 Å². The molecule has 0 aromatic heterocycles. The van der Waals surface area contributed by atoms with Crippen molar-refractivity contribution in [1.29, 1.82) is 0 Å². The second kappa shape index (κ2) is 8.42. The first-order valence-corrected chi connectivity index (χ1v) is 12.1. The monoisotopic (exact) mass is 512 g/mol. The lowest BCUT2D eigenvalue weighted by Crippen LogP contribution is -2.71. The van der Waals surface area contributed by atoms with Crippen LogP contribution in [-0.2, 0) is 23.9 Å². The predicted molar refractivity (Wildman–Crippen MR) is 127 cm³/mol. The minimum atomic E-state index is -2.93. The summed E-state index contributed by atoms with van der Waals surface area (Å²) in [6.07, 6.45) is 0.639. The molecule has 7 N–H and O–H groups in total. The van der Waals surface area contributed by atoms with Crippen molar-refractivity contribution in [2.45, 2.75) is 49.9 Å². The number of phenols is 1. The van der Waals surface area contributed by atoms with E-state index in [1.807, 2.05) is 0 Å². The molecule has 37 heavy (non-hydrogen) atoms. The minimum absolute atomic E-state index is 0.0311. The molecule has 4 aliphatic rings. The summed E-state index contributed by atoms with van der Waals surface area (Å²) in [6.45, 7) is 1.71. The third-order valence-corrected chi connectivity index (χ3v) is 8.44. The highest BCUT2D eigenvalue weighted by atomic mass is 16.5. The molecule has 0 aliphatic heterocycles. The molecule has 11 nitrogen and oxygen atoms in total. The Bertz CT molecular complexity index is 1310.